The number of rotatable bonds is 2. The third kappa shape index (κ3) is 2.30. The van der Waals surface area contributed by atoms with Gasteiger partial charge in [0, 0.05) is 17.7 Å². The quantitative estimate of drug-likeness (QED) is 0.858. The summed E-state index contributed by atoms with van der Waals surface area (Å²) in [6.07, 6.45) is 4.79. The van der Waals surface area contributed by atoms with Crippen LogP contribution in [0.5, 0.6) is 0 Å². The Hall–Kier alpha value is -1.62. The average molecular weight is 280 g/mol. The summed E-state index contributed by atoms with van der Waals surface area (Å²) in [5.41, 5.74) is 1.68. The second-order valence-corrected chi connectivity index (χ2v) is 5.38. The number of carboxylic acids is 1. The van der Waals surface area contributed by atoms with Gasteiger partial charge in [0.1, 0.15) is 5.15 Å². The Kier molecular flexibility index (Phi) is 3.14. The molecule has 19 heavy (non-hydrogen) atoms. The van der Waals surface area contributed by atoms with Crippen LogP contribution in [0.15, 0.2) is 18.3 Å². The van der Waals surface area contributed by atoms with Crippen LogP contribution < -0.4 is 0 Å². The van der Waals surface area contributed by atoms with Crippen molar-refractivity contribution in [3.8, 4) is 0 Å². The Morgan fingerprint density at radius 1 is 1.37 bits per heavy atom. The Morgan fingerprint density at radius 3 is 2.79 bits per heavy atom. The lowest BCUT2D eigenvalue weighted by atomic mass is 9.80. The van der Waals surface area contributed by atoms with Gasteiger partial charge in [0.15, 0.2) is 5.65 Å². The van der Waals surface area contributed by atoms with Gasteiger partial charge in [-0.1, -0.05) is 11.6 Å². The molecule has 1 aliphatic rings. The van der Waals surface area contributed by atoms with E-state index in [2.05, 4.69) is 10.1 Å². The van der Waals surface area contributed by atoms with E-state index in [1.54, 1.807) is 10.7 Å². The predicted octanol–water partition coefficient (Wildman–Crippen LogP) is 2.74. The largest absolute Gasteiger partial charge is 0.481 e. The van der Waals surface area contributed by atoms with Crippen LogP contribution in [0.3, 0.4) is 0 Å². The molecule has 1 fully saturated rings. The maximum atomic E-state index is 10.9. The molecule has 0 saturated heterocycles. The highest BCUT2D eigenvalue weighted by Gasteiger charge is 2.27. The summed E-state index contributed by atoms with van der Waals surface area (Å²) < 4.78 is 1.59. The van der Waals surface area contributed by atoms with Crippen molar-refractivity contribution in [1.82, 2.24) is 14.6 Å². The molecule has 0 amide bonds. The molecule has 1 saturated carbocycles. The minimum absolute atomic E-state index is 0.203. The molecule has 0 spiro atoms. The van der Waals surface area contributed by atoms with E-state index in [4.69, 9.17) is 16.7 Å². The zero-order valence-corrected chi connectivity index (χ0v) is 11.0. The first-order chi connectivity index (χ1) is 9.15. The minimum Gasteiger partial charge on any atom is -0.481 e. The molecule has 1 aliphatic carbocycles. The smallest absolute Gasteiger partial charge is 0.306 e. The number of carboxylic acid groups (broad SMARTS) is 1. The average Bonchev–Trinajstić information content (AvgIpc) is 2.87. The van der Waals surface area contributed by atoms with E-state index < -0.39 is 5.97 Å². The summed E-state index contributed by atoms with van der Waals surface area (Å²) in [6, 6.07) is 3.66. The second-order valence-electron chi connectivity index (χ2n) is 4.99. The molecule has 2 aromatic heterocycles. The SMILES string of the molecule is O=C(O)C1CCC(c2cc(Cl)n3nccc3n2)CC1. The molecule has 0 radical (unpaired) electrons. The summed E-state index contributed by atoms with van der Waals surface area (Å²) in [6.45, 7) is 0. The maximum Gasteiger partial charge on any atom is 0.306 e. The van der Waals surface area contributed by atoms with Gasteiger partial charge < -0.3 is 5.11 Å². The highest BCUT2D eigenvalue weighted by Crippen LogP contribution is 2.35. The van der Waals surface area contributed by atoms with Crippen molar-refractivity contribution >= 4 is 23.2 Å². The molecule has 1 N–H and O–H groups in total. The van der Waals surface area contributed by atoms with Crippen LogP contribution in [0.1, 0.15) is 37.3 Å². The fourth-order valence-corrected chi connectivity index (χ4v) is 2.98. The van der Waals surface area contributed by atoms with Gasteiger partial charge >= 0.3 is 5.97 Å². The van der Waals surface area contributed by atoms with Gasteiger partial charge in [-0.15, -0.1) is 0 Å². The number of hydrogen-bond donors (Lipinski definition) is 1. The lowest BCUT2D eigenvalue weighted by Gasteiger charge is -2.25. The normalized spacial score (nSPS) is 23.6. The highest BCUT2D eigenvalue weighted by molar-refractivity contribution is 6.29. The topological polar surface area (TPSA) is 67.5 Å². The van der Waals surface area contributed by atoms with Crippen molar-refractivity contribution in [3.05, 3.63) is 29.2 Å². The van der Waals surface area contributed by atoms with E-state index in [9.17, 15) is 4.79 Å². The van der Waals surface area contributed by atoms with Crippen LogP contribution in [0.4, 0.5) is 0 Å². The maximum absolute atomic E-state index is 10.9. The van der Waals surface area contributed by atoms with Gasteiger partial charge in [-0.2, -0.15) is 5.10 Å². The van der Waals surface area contributed by atoms with Gasteiger partial charge in [-0.3, -0.25) is 4.79 Å². The first-order valence-corrected chi connectivity index (χ1v) is 6.76. The lowest BCUT2D eigenvalue weighted by Crippen LogP contribution is -2.21. The fourth-order valence-electron chi connectivity index (χ4n) is 2.74. The molecular formula is C13H14ClN3O2. The van der Waals surface area contributed by atoms with E-state index in [-0.39, 0.29) is 5.92 Å². The van der Waals surface area contributed by atoms with E-state index in [1.807, 2.05) is 12.1 Å². The van der Waals surface area contributed by atoms with Crippen molar-refractivity contribution in [2.75, 3.05) is 0 Å². The minimum atomic E-state index is -0.685. The van der Waals surface area contributed by atoms with E-state index in [0.717, 1.165) is 24.2 Å². The molecule has 5 nitrogen and oxygen atoms in total. The summed E-state index contributed by atoms with van der Waals surface area (Å²) in [4.78, 5) is 15.5. The first-order valence-electron chi connectivity index (χ1n) is 6.38. The van der Waals surface area contributed by atoms with Crippen LogP contribution in [-0.4, -0.2) is 25.7 Å². The molecular weight excluding hydrogens is 266 g/mol. The van der Waals surface area contributed by atoms with Crippen LogP contribution in [0.25, 0.3) is 5.65 Å². The van der Waals surface area contributed by atoms with E-state index in [1.165, 1.54) is 0 Å². The van der Waals surface area contributed by atoms with Gasteiger partial charge in [0.2, 0.25) is 0 Å². The van der Waals surface area contributed by atoms with Crippen molar-refractivity contribution in [2.24, 2.45) is 5.92 Å². The molecule has 0 aliphatic heterocycles. The van der Waals surface area contributed by atoms with Crippen LogP contribution in [-0.2, 0) is 4.79 Å². The van der Waals surface area contributed by atoms with E-state index in [0.29, 0.717) is 23.9 Å². The van der Waals surface area contributed by atoms with Crippen molar-refractivity contribution in [3.63, 3.8) is 0 Å². The number of aliphatic carboxylic acids is 1. The summed E-state index contributed by atoms with van der Waals surface area (Å²) in [7, 11) is 0. The number of carbonyl (C=O) groups is 1. The molecule has 6 heteroatoms. The highest BCUT2D eigenvalue weighted by atomic mass is 35.5. The second kappa shape index (κ2) is 4.81. The number of nitrogens with zero attached hydrogens (tertiary/aromatic N) is 3. The van der Waals surface area contributed by atoms with Gasteiger partial charge in [0.05, 0.1) is 12.1 Å². The van der Waals surface area contributed by atoms with Gasteiger partial charge in [-0.25, -0.2) is 9.50 Å². The Morgan fingerprint density at radius 2 is 2.11 bits per heavy atom. The molecule has 100 valence electrons. The van der Waals surface area contributed by atoms with Crippen molar-refractivity contribution in [1.29, 1.82) is 0 Å². The van der Waals surface area contributed by atoms with Crippen molar-refractivity contribution in [2.45, 2.75) is 31.6 Å². The third-order valence-electron chi connectivity index (χ3n) is 3.83. The Bertz CT molecular complexity index is 617. The molecule has 0 aromatic carbocycles. The van der Waals surface area contributed by atoms with Gasteiger partial charge in [0.25, 0.3) is 0 Å². The monoisotopic (exact) mass is 279 g/mol. The molecule has 2 heterocycles. The summed E-state index contributed by atoms with van der Waals surface area (Å²) >= 11 is 6.17. The van der Waals surface area contributed by atoms with Crippen LogP contribution in [0.2, 0.25) is 5.15 Å². The van der Waals surface area contributed by atoms with E-state index >= 15 is 0 Å². The number of hydrogen-bond acceptors (Lipinski definition) is 3. The summed E-state index contributed by atoms with van der Waals surface area (Å²) in [5, 5.41) is 13.6. The molecule has 0 bridgehead atoms. The van der Waals surface area contributed by atoms with Crippen LogP contribution >= 0.6 is 11.6 Å². The Balaban J connectivity index is 1.83. The zero-order valence-electron chi connectivity index (χ0n) is 10.3. The van der Waals surface area contributed by atoms with Crippen LogP contribution in [0, 0.1) is 5.92 Å². The lowest BCUT2D eigenvalue weighted by molar-refractivity contribution is -0.142. The Labute approximate surface area is 115 Å². The zero-order chi connectivity index (χ0) is 13.4. The fraction of sp³-hybridized carbons (Fsp3) is 0.462. The number of fused-ring (bicyclic) bond motifs is 1. The predicted molar refractivity (Wildman–Crippen MR) is 70.3 cm³/mol. The number of aromatic nitrogens is 3. The third-order valence-corrected chi connectivity index (χ3v) is 4.10. The molecule has 2 aromatic rings. The number of halogens is 1. The molecule has 0 atom stereocenters. The molecule has 3 rings (SSSR count). The van der Waals surface area contributed by atoms with Crippen molar-refractivity contribution < 1.29 is 9.90 Å². The standard InChI is InChI=1S/C13H14ClN3O2/c14-11-7-10(16-12-5-6-15-17(11)12)8-1-3-9(4-2-8)13(18)19/h5-9H,1-4H2,(H,18,19). The van der Waals surface area contributed by atoms with Gasteiger partial charge in [-0.05, 0) is 31.7 Å². The first kappa shape index (κ1) is 12.4. The summed E-state index contributed by atoms with van der Waals surface area (Å²) in [5.74, 6) is -0.589. The molecule has 0 unspecified atom stereocenters.